The maximum Gasteiger partial charge on any atom is 0.303 e. The SMILES string of the molecule is CC.CCC.CCC.CCC.CCCC.CCCC.CCCC(=O)O.CCCC(=O)O.CCCC(=O)O.[F-]. The molecule has 0 saturated carbocycles. The lowest BCUT2D eigenvalue weighted by Crippen LogP contribution is -3.00. The molecule has 3 N–H and O–H groups in total. The van der Waals surface area contributed by atoms with Crippen LogP contribution in [0, 0.1) is 0 Å². The zero-order valence-corrected chi connectivity index (χ0v) is 28.6. The molecule has 242 valence electrons. The fourth-order valence-electron chi connectivity index (χ4n) is 0.642. The minimum absolute atomic E-state index is 0. The Labute approximate surface area is 239 Å². The second-order valence-electron chi connectivity index (χ2n) is 7.55. The molecule has 0 aromatic rings. The number of carboxylic acids is 3. The van der Waals surface area contributed by atoms with Gasteiger partial charge in [-0.25, -0.2) is 0 Å². The maximum atomic E-state index is 9.60. The molecular weight excluding hydrogens is 487 g/mol. The van der Waals surface area contributed by atoms with Crippen LogP contribution >= 0.6 is 0 Å². The average Bonchev–Trinajstić information content (AvgIpc) is 2.83. The number of hydrogen-bond donors (Lipinski definition) is 3. The minimum Gasteiger partial charge on any atom is -1.00 e. The lowest BCUT2D eigenvalue weighted by molar-refractivity contribution is -0.138. The van der Waals surface area contributed by atoms with Crippen LogP contribution in [0.15, 0.2) is 0 Å². The molecule has 0 aliphatic carbocycles. The zero-order valence-electron chi connectivity index (χ0n) is 28.6. The van der Waals surface area contributed by atoms with Crippen LogP contribution in [-0.4, -0.2) is 33.2 Å². The molecule has 0 saturated heterocycles. The molecule has 0 unspecified atom stereocenters. The summed E-state index contributed by atoms with van der Waals surface area (Å²) in [5.41, 5.74) is 0. The molecule has 0 bridgehead atoms. The summed E-state index contributed by atoms with van der Waals surface area (Å²) in [6.07, 6.45) is 12.1. The number of aliphatic carboxylic acids is 3. The van der Waals surface area contributed by atoms with Crippen molar-refractivity contribution in [2.75, 3.05) is 0 Å². The van der Waals surface area contributed by atoms with Crippen molar-refractivity contribution in [3.63, 3.8) is 0 Å². The maximum absolute atomic E-state index is 9.60. The summed E-state index contributed by atoms with van der Waals surface area (Å²) in [5, 5.41) is 23.7. The molecule has 7 heteroatoms. The van der Waals surface area contributed by atoms with Gasteiger partial charge in [-0.15, -0.1) is 0 Å². The van der Waals surface area contributed by atoms with Crippen molar-refractivity contribution >= 4 is 17.9 Å². The average molecular weight is 562 g/mol. The largest absolute Gasteiger partial charge is 1.00 e. The lowest BCUT2D eigenvalue weighted by Gasteiger charge is -1.79. The molecule has 0 radical (unpaired) electrons. The molecule has 0 aromatic carbocycles. The van der Waals surface area contributed by atoms with E-state index in [0.717, 1.165) is 19.3 Å². The molecular formula is C31H74FO6-. The van der Waals surface area contributed by atoms with Gasteiger partial charge in [0.15, 0.2) is 0 Å². The van der Waals surface area contributed by atoms with Gasteiger partial charge in [0.2, 0.25) is 0 Å². The molecule has 0 atom stereocenters. The van der Waals surface area contributed by atoms with Gasteiger partial charge in [0.05, 0.1) is 0 Å². The lowest BCUT2D eigenvalue weighted by atomic mass is 10.4. The van der Waals surface area contributed by atoms with Gasteiger partial charge in [0, 0.05) is 19.3 Å². The second-order valence-corrected chi connectivity index (χ2v) is 7.55. The van der Waals surface area contributed by atoms with Crippen molar-refractivity contribution in [2.24, 2.45) is 0 Å². The van der Waals surface area contributed by atoms with E-state index >= 15 is 0 Å². The molecule has 0 aromatic heterocycles. The van der Waals surface area contributed by atoms with Gasteiger partial charge in [-0.3, -0.25) is 14.4 Å². The number of halogens is 1. The molecule has 0 rings (SSSR count). The van der Waals surface area contributed by atoms with Crippen LogP contribution < -0.4 is 4.70 Å². The van der Waals surface area contributed by atoms with Gasteiger partial charge < -0.3 is 20.0 Å². The predicted octanol–water partition coefficient (Wildman–Crippen LogP) is 8.51. The topological polar surface area (TPSA) is 112 Å². The van der Waals surface area contributed by atoms with E-state index in [1.165, 1.54) is 44.9 Å². The van der Waals surface area contributed by atoms with Gasteiger partial charge in [-0.1, -0.05) is 149 Å². The molecule has 0 fully saturated rings. The Balaban J connectivity index is -0.0000000296. The van der Waals surface area contributed by atoms with Crippen molar-refractivity contribution in [1.29, 1.82) is 0 Å². The van der Waals surface area contributed by atoms with E-state index < -0.39 is 17.9 Å². The summed E-state index contributed by atoms with van der Waals surface area (Å²) in [6, 6.07) is 0. The fraction of sp³-hybridized carbons (Fsp3) is 0.903. The second kappa shape index (κ2) is 101. The first kappa shape index (κ1) is 65.4. The predicted molar refractivity (Wildman–Crippen MR) is 168 cm³/mol. The Hall–Kier alpha value is -1.66. The van der Waals surface area contributed by atoms with E-state index in [1.807, 2.05) is 34.6 Å². The highest BCUT2D eigenvalue weighted by Gasteiger charge is 1.88. The summed E-state index contributed by atoms with van der Waals surface area (Å²) in [5.74, 6) is -2.13. The van der Waals surface area contributed by atoms with Crippen LogP contribution in [0.4, 0.5) is 0 Å². The number of carbonyl (C=O) groups is 3. The van der Waals surface area contributed by atoms with E-state index in [2.05, 4.69) is 69.2 Å². The smallest absolute Gasteiger partial charge is 0.303 e. The minimum atomic E-state index is -0.711. The molecule has 0 amide bonds. The standard InChI is InChI=1S/3C4H8O2.2C4H10.3C3H8.C2H6.FH/c3*1-2-3-4(5)6;2*1-3-4-2;3*1-3-2;1-2;/h3*2-3H2,1H3,(H,5,6);2*3-4H2,1-2H3;3*3H2,1-2H3;1-2H3;1H/p-1. The number of rotatable bonds is 8. The third kappa shape index (κ3) is 438. The third-order valence-corrected chi connectivity index (χ3v) is 2.39. The van der Waals surface area contributed by atoms with Crippen LogP contribution in [0.3, 0.4) is 0 Å². The van der Waals surface area contributed by atoms with Crippen LogP contribution in [0.1, 0.15) is 187 Å². The first-order valence-corrected chi connectivity index (χ1v) is 15.0. The summed E-state index contributed by atoms with van der Waals surface area (Å²) in [4.78, 5) is 28.8. The van der Waals surface area contributed by atoms with Crippen LogP contribution in [0.5, 0.6) is 0 Å². The van der Waals surface area contributed by atoms with Crippen LogP contribution in [0.25, 0.3) is 0 Å². The van der Waals surface area contributed by atoms with E-state index in [4.69, 9.17) is 15.3 Å². The highest BCUT2D eigenvalue weighted by molar-refractivity contribution is 5.67. The number of unbranched alkanes of at least 4 members (excludes halogenated alkanes) is 2. The van der Waals surface area contributed by atoms with Crippen molar-refractivity contribution < 1.29 is 34.4 Å². The summed E-state index contributed by atoms with van der Waals surface area (Å²) in [6.45, 7) is 31.0. The third-order valence-electron chi connectivity index (χ3n) is 2.39. The fourth-order valence-corrected chi connectivity index (χ4v) is 0.642. The van der Waals surface area contributed by atoms with Gasteiger partial charge in [-0.2, -0.15) is 0 Å². The first-order valence-electron chi connectivity index (χ1n) is 15.0. The van der Waals surface area contributed by atoms with Gasteiger partial charge >= 0.3 is 17.9 Å². The molecule has 6 nitrogen and oxygen atoms in total. The van der Waals surface area contributed by atoms with E-state index in [9.17, 15) is 14.4 Å². The highest BCUT2D eigenvalue weighted by Crippen LogP contribution is 1.83. The summed E-state index contributed by atoms with van der Waals surface area (Å²) in [7, 11) is 0. The van der Waals surface area contributed by atoms with Gasteiger partial charge in [-0.05, 0) is 19.3 Å². The molecule has 0 aliphatic heterocycles. The first-order chi connectivity index (χ1) is 17.4. The van der Waals surface area contributed by atoms with Crippen LogP contribution in [0.2, 0.25) is 0 Å². The van der Waals surface area contributed by atoms with Crippen molar-refractivity contribution in [2.45, 2.75) is 187 Å². The Morgan fingerprint density at radius 3 is 0.474 bits per heavy atom. The highest BCUT2D eigenvalue weighted by atomic mass is 19.0. The van der Waals surface area contributed by atoms with Gasteiger partial charge in [0.25, 0.3) is 0 Å². The Morgan fingerprint density at radius 1 is 0.368 bits per heavy atom. The number of hydrogen-bond acceptors (Lipinski definition) is 3. The molecule has 0 heterocycles. The molecule has 0 aliphatic rings. The molecule has 0 spiro atoms. The Kier molecular flexibility index (Phi) is 173. The van der Waals surface area contributed by atoms with Gasteiger partial charge in [0.1, 0.15) is 0 Å². The quantitative estimate of drug-likeness (QED) is 0.274. The Morgan fingerprint density at radius 2 is 0.474 bits per heavy atom. The van der Waals surface area contributed by atoms with Crippen LogP contribution in [-0.2, 0) is 14.4 Å². The van der Waals surface area contributed by atoms with Crippen molar-refractivity contribution in [3.8, 4) is 0 Å². The zero-order chi connectivity index (χ0) is 31.9. The van der Waals surface area contributed by atoms with E-state index in [-0.39, 0.29) is 4.70 Å². The summed E-state index contributed by atoms with van der Waals surface area (Å²) >= 11 is 0. The van der Waals surface area contributed by atoms with Crippen molar-refractivity contribution in [1.82, 2.24) is 0 Å². The van der Waals surface area contributed by atoms with E-state index in [0.29, 0.717) is 19.3 Å². The Bertz CT molecular complexity index is 275. The van der Waals surface area contributed by atoms with E-state index in [1.54, 1.807) is 0 Å². The molecule has 38 heavy (non-hydrogen) atoms. The number of carboxylic acid groups (broad SMARTS) is 3. The van der Waals surface area contributed by atoms with Crippen molar-refractivity contribution in [3.05, 3.63) is 0 Å². The monoisotopic (exact) mass is 562 g/mol. The normalized spacial score (nSPS) is 7.03. The summed E-state index contributed by atoms with van der Waals surface area (Å²) < 4.78 is 0.